The van der Waals surface area contributed by atoms with Crippen LogP contribution in [0.5, 0.6) is 0 Å². The summed E-state index contributed by atoms with van der Waals surface area (Å²) in [5.74, 6) is 0. The molecule has 0 saturated carbocycles. The second-order valence-electron chi connectivity index (χ2n) is 3.92. The van der Waals surface area contributed by atoms with Crippen molar-refractivity contribution in [2.45, 2.75) is 39.5 Å². The van der Waals surface area contributed by atoms with Crippen LogP contribution in [0.25, 0.3) is 0 Å². The summed E-state index contributed by atoms with van der Waals surface area (Å²) in [7, 11) is 0. The molecule has 2 aliphatic carbocycles. The minimum atomic E-state index is 1.14. The minimum Gasteiger partial charge on any atom is -0.0844 e. The van der Waals surface area contributed by atoms with Crippen LogP contribution in [0.15, 0.2) is 47.6 Å². The van der Waals surface area contributed by atoms with Gasteiger partial charge in [0, 0.05) is 0 Å². The number of hydrogen-bond acceptors (Lipinski definition) is 0. The van der Waals surface area contributed by atoms with Gasteiger partial charge in [0.25, 0.3) is 0 Å². The van der Waals surface area contributed by atoms with Gasteiger partial charge in [0.05, 0.1) is 0 Å². The molecule has 2 aliphatic rings. The van der Waals surface area contributed by atoms with Crippen LogP contribution in [0, 0.1) is 0 Å². The van der Waals surface area contributed by atoms with Crippen LogP contribution >= 0.6 is 0 Å². The van der Waals surface area contributed by atoms with E-state index in [1.165, 1.54) is 24.0 Å². The lowest BCUT2D eigenvalue weighted by atomic mass is 10.1. The molecule has 0 spiro atoms. The van der Waals surface area contributed by atoms with Crippen molar-refractivity contribution in [2.24, 2.45) is 0 Å². The van der Waals surface area contributed by atoms with Gasteiger partial charge >= 0.3 is 0 Å². The summed E-state index contributed by atoms with van der Waals surface area (Å²) in [6, 6.07) is 0. The molecule has 0 bridgehead atoms. The maximum Gasteiger partial charge on any atom is -0.0141 e. The Morgan fingerprint density at radius 1 is 0.714 bits per heavy atom. The van der Waals surface area contributed by atoms with E-state index in [0.29, 0.717) is 0 Å². The summed E-state index contributed by atoms with van der Waals surface area (Å²) >= 11 is 0. The maximum absolute atomic E-state index is 2.26. The highest BCUT2D eigenvalue weighted by atomic mass is 13.9. The Morgan fingerprint density at radius 2 is 1.14 bits per heavy atom. The van der Waals surface area contributed by atoms with E-state index in [9.17, 15) is 0 Å². The summed E-state index contributed by atoms with van der Waals surface area (Å²) in [4.78, 5) is 0. The predicted molar refractivity (Wildman–Crippen MR) is 64.3 cm³/mol. The average Bonchev–Trinajstić information content (AvgIpc) is 2.21. The number of rotatable bonds is 0. The van der Waals surface area contributed by atoms with Gasteiger partial charge < -0.3 is 0 Å². The smallest absolute Gasteiger partial charge is 0.0141 e. The van der Waals surface area contributed by atoms with Crippen LogP contribution < -0.4 is 0 Å². The molecular weight excluding hydrogens is 168 g/mol. The second kappa shape index (κ2) is 6.42. The van der Waals surface area contributed by atoms with E-state index in [-0.39, 0.29) is 0 Å². The molecule has 0 fully saturated rings. The van der Waals surface area contributed by atoms with Gasteiger partial charge in [0.2, 0.25) is 0 Å². The first-order chi connectivity index (χ1) is 6.79. The molecule has 0 aromatic heterocycles. The van der Waals surface area contributed by atoms with Crippen LogP contribution in [0.4, 0.5) is 0 Å². The molecule has 0 aromatic rings. The van der Waals surface area contributed by atoms with Crippen LogP contribution in [-0.2, 0) is 0 Å². The van der Waals surface area contributed by atoms with Crippen molar-refractivity contribution in [3.05, 3.63) is 47.6 Å². The fourth-order valence-electron chi connectivity index (χ4n) is 1.44. The molecule has 76 valence electrons. The van der Waals surface area contributed by atoms with E-state index < -0.39 is 0 Å². The third kappa shape index (κ3) is 4.86. The zero-order valence-corrected chi connectivity index (χ0v) is 9.29. The predicted octanol–water partition coefficient (Wildman–Crippen LogP) is 4.57. The van der Waals surface area contributed by atoms with Gasteiger partial charge in [-0.25, -0.2) is 0 Å². The summed E-state index contributed by atoms with van der Waals surface area (Å²) in [5, 5.41) is 0. The molecule has 0 amide bonds. The lowest BCUT2D eigenvalue weighted by Gasteiger charge is -1.98. The molecule has 0 heteroatoms. The molecule has 0 radical (unpaired) electrons. The van der Waals surface area contributed by atoms with Crippen molar-refractivity contribution in [3.8, 4) is 0 Å². The fourth-order valence-corrected chi connectivity index (χ4v) is 1.44. The van der Waals surface area contributed by atoms with Crippen molar-refractivity contribution in [2.75, 3.05) is 0 Å². The first-order valence-corrected chi connectivity index (χ1v) is 5.40. The normalized spacial score (nSPS) is 19.3. The molecule has 2 rings (SSSR count). The first kappa shape index (κ1) is 11.0. The topological polar surface area (TPSA) is 0 Å². The van der Waals surface area contributed by atoms with Gasteiger partial charge in [-0.2, -0.15) is 0 Å². The van der Waals surface area contributed by atoms with E-state index in [1.807, 2.05) is 0 Å². The standard InChI is InChI=1S/2C7H10/c2*1-7-5-3-2-4-6-7/h2*2-3,6H,4-5H2,1H3. The Bertz CT molecular complexity index is 244. The molecule has 14 heavy (non-hydrogen) atoms. The zero-order chi connectivity index (χ0) is 10.2. The summed E-state index contributed by atoms with van der Waals surface area (Å²) in [6.45, 7) is 4.34. The molecule has 0 aliphatic heterocycles. The average molecular weight is 188 g/mol. The Kier molecular flexibility index (Phi) is 5.06. The van der Waals surface area contributed by atoms with E-state index in [2.05, 4.69) is 50.3 Å². The highest BCUT2D eigenvalue weighted by Crippen LogP contribution is 2.08. The molecule has 0 N–H and O–H groups in total. The highest BCUT2D eigenvalue weighted by molar-refractivity contribution is 5.12. The highest BCUT2D eigenvalue weighted by Gasteiger charge is 1.87. The van der Waals surface area contributed by atoms with Gasteiger partial charge in [-0.05, 0) is 39.5 Å². The first-order valence-electron chi connectivity index (χ1n) is 5.40. The third-order valence-corrected chi connectivity index (χ3v) is 2.42. The second-order valence-corrected chi connectivity index (χ2v) is 3.92. The fraction of sp³-hybridized carbons (Fsp3) is 0.429. The van der Waals surface area contributed by atoms with Gasteiger partial charge in [-0.15, -0.1) is 0 Å². The van der Waals surface area contributed by atoms with Crippen molar-refractivity contribution < 1.29 is 0 Å². The summed E-state index contributed by atoms with van der Waals surface area (Å²) in [5.41, 5.74) is 3.00. The van der Waals surface area contributed by atoms with Crippen molar-refractivity contribution in [1.29, 1.82) is 0 Å². The molecular formula is C14H20. The van der Waals surface area contributed by atoms with Crippen molar-refractivity contribution >= 4 is 0 Å². The number of allylic oxidation sites excluding steroid dienone is 8. The molecule has 0 aromatic carbocycles. The van der Waals surface area contributed by atoms with Crippen LogP contribution in [0.2, 0.25) is 0 Å². The van der Waals surface area contributed by atoms with E-state index in [4.69, 9.17) is 0 Å². The van der Waals surface area contributed by atoms with Gasteiger partial charge in [0.1, 0.15) is 0 Å². The van der Waals surface area contributed by atoms with Crippen LogP contribution in [0.3, 0.4) is 0 Å². The third-order valence-electron chi connectivity index (χ3n) is 2.42. The Labute approximate surface area is 87.7 Å². The number of hydrogen-bond donors (Lipinski definition) is 0. The minimum absolute atomic E-state index is 1.14. The van der Waals surface area contributed by atoms with E-state index in [0.717, 1.165) is 12.8 Å². The van der Waals surface area contributed by atoms with Crippen LogP contribution in [-0.4, -0.2) is 0 Å². The monoisotopic (exact) mass is 188 g/mol. The van der Waals surface area contributed by atoms with Crippen molar-refractivity contribution in [3.63, 3.8) is 0 Å². The van der Waals surface area contributed by atoms with Gasteiger partial charge in [0.15, 0.2) is 0 Å². The van der Waals surface area contributed by atoms with Crippen LogP contribution in [0.1, 0.15) is 39.5 Å². The van der Waals surface area contributed by atoms with Crippen molar-refractivity contribution in [1.82, 2.24) is 0 Å². The van der Waals surface area contributed by atoms with E-state index in [1.54, 1.807) is 0 Å². The SMILES string of the molecule is CC1=CCC=CC1.CC1=CCC=CC1. The van der Waals surface area contributed by atoms with Gasteiger partial charge in [-0.1, -0.05) is 47.6 Å². The molecule has 0 saturated heterocycles. The Morgan fingerprint density at radius 3 is 1.29 bits per heavy atom. The Balaban J connectivity index is 0.000000140. The molecule has 0 heterocycles. The largest absolute Gasteiger partial charge is 0.0844 e. The molecule has 0 unspecified atom stereocenters. The quantitative estimate of drug-likeness (QED) is 0.489. The van der Waals surface area contributed by atoms with E-state index >= 15 is 0 Å². The Hall–Kier alpha value is -1.04. The lowest BCUT2D eigenvalue weighted by Crippen LogP contribution is -1.77. The summed E-state index contributed by atoms with van der Waals surface area (Å²) < 4.78 is 0. The molecule has 0 nitrogen and oxygen atoms in total. The maximum atomic E-state index is 2.26. The zero-order valence-electron chi connectivity index (χ0n) is 9.29. The summed E-state index contributed by atoms with van der Waals surface area (Å²) in [6.07, 6.45) is 18.0. The molecule has 0 atom stereocenters. The lowest BCUT2D eigenvalue weighted by molar-refractivity contribution is 1.12. The van der Waals surface area contributed by atoms with Gasteiger partial charge in [-0.3, -0.25) is 0 Å².